The van der Waals surface area contributed by atoms with E-state index in [0.717, 1.165) is 12.5 Å². The lowest BCUT2D eigenvalue weighted by atomic mass is 9.85. The maximum Gasteiger partial charge on any atom is 0.338 e. The number of ketones is 1. The van der Waals surface area contributed by atoms with E-state index in [1.807, 2.05) is 12.2 Å². The number of Topliss-reactive ketones (excluding diaryl/α,β-unsaturated/α-hetero) is 1. The summed E-state index contributed by atoms with van der Waals surface area (Å²) in [4.78, 5) is 61.7. The van der Waals surface area contributed by atoms with E-state index in [1.165, 1.54) is 47.4 Å². The Labute approximate surface area is 187 Å². The number of benzene rings is 2. The highest BCUT2D eigenvalue weighted by Crippen LogP contribution is 2.53. The molecule has 1 heterocycles. The maximum absolute atomic E-state index is 12.9. The van der Waals surface area contributed by atoms with Crippen LogP contribution in [0.5, 0.6) is 0 Å². The number of hydrogen-bond donors (Lipinski definition) is 0. The van der Waals surface area contributed by atoms with Gasteiger partial charge in [0.25, 0.3) is 5.69 Å². The van der Waals surface area contributed by atoms with Crippen LogP contribution in [0.1, 0.15) is 27.1 Å². The standard InChI is InChI=1S/C24H18N2O7/c27-19(14-2-1-3-18(11-14)26(31)32)12-33-24(30)13-6-8-17(9-7-13)25-22(28)20-15-4-5-16(10-15)21(20)23(25)29/h1-9,11,15-16,20-21H,10,12H2/t15-,16-,20+,21+/m0/s1. The smallest absolute Gasteiger partial charge is 0.338 e. The Morgan fingerprint density at radius 2 is 1.61 bits per heavy atom. The highest BCUT2D eigenvalue weighted by Gasteiger charge is 2.59. The molecule has 0 radical (unpaired) electrons. The van der Waals surface area contributed by atoms with Gasteiger partial charge in [-0.15, -0.1) is 0 Å². The van der Waals surface area contributed by atoms with E-state index in [9.17, 15) is 29.3 Å². The summed E-state index contributed by atoms with van der Waals surface area (Å²) in [5.74, 6) is -2.16. The fourth-order valence-corrected chi connectivity index (χ4v) is 4.99. The number of hydrogen-bond acceptors (Lipinski definition) is 7. The van der Waals surface area contributed by atoms with Crippen molar-refractivity contribution in [3.05, 3.63) is 81.9 Å². The molecule has 33 heavy (non-hydrogen) atoms. The molecule has 5 rings (SSSR count). The third kappa shape index (κ3) is 3.42. The monoisotopic (exact) mass is 446 g/mol. The minimum atomic E-state index is -0.765. The molecule has 1 aliphatic heterocycles. The number of non-ortho nitro benzene ring substituents is 1. The van der Waals surface area contributed by atoms with Gasteiger partial charge < -0.3 is 4.74 Å². The van der Waals surface area contributed by atoms with Crippen LogP contribution >= 0.6 is 0 Å². The number of allylic oxidation sites excluding steroid dienone is 2. The van der Waals surface area contributed by atoms with Gasteiger partial charge in [-0.2, -0.15) is 0 Å². The molecule has 166 valence electrons. The van der Waals surface area contributed by atoms with E-state index in [4.69, 9.17) is 4.74 Å². The predicted molar refractivity (Wildman–Crippen MR) is 114 cm³/mol. The van der Waals surface area contributed by atoms with Crippen molar-refractivity contribution in [2.75, 3.05) is 11.5 Å². The van der Waals surface area contributed by atoms with Crippen LogP contribution in [0, 0.1) is 33.8 Å². The van der Waals surface area contributed by atoms with Gasteiger partial charge in [0.15, 0.2) is 6.61 Å². The first-order valence-corrected chi connectivity index (χ1v) is 10.5. The van der Waals surface area contributed by atoms with Gasteiger partial charge in [-0.1, -0.05) is 24.3 Å². The van der Waals surface area contributed by atoms with Gasteiger partial charge in [-0.25, -0.2) is 4.79 Å². The second-order valence-corrected chi connectivity index (χ2v) is 8.37. The van der Waals surface area contributed by atoms with Crippen molar-refractivity contribution in [3.63, 3.8) is 0 Å². The van der Waals surface area contributed by atoms with E-state index in [2.05, 4.69) is 0 Å². The molecule has 0 spiro atoms. The van der Waals surface area contributed by atoms with Crippen LogP contribution in [0.25, 0.3) is 0 Å². The summed E-state index contributed by atoms with van der Waals surface area (Å²) in [5, 5.41) is 10.8. The Hall–Kier alpha value is -4.14. The lowest BCUT2D eigenvalue weighted by Crippen LogP contribution is -2.32. The van der Waals surface area contributed by atoms with Crippen molar-refractivity contribution in [2.45, 2.75) is 6.42 Å². The average Bonchev–Trinajstić information content (AvgIpc) is 3.51. The number of ether oxygens (including phenoxy) is 1. The van der Waals surface area contributed by atoms with Gasteiger partial charge in [0.05, 0.1) is 28.0 Å². The minimum Gasteiger partial charge on any atom is -0.454 e. The number of fused-ring (bicyclic) bond motifs is 5. The highest BCUT2D eigenvalue weighted by atomic mass is 16.6. The van der Waals surface area contributed by atoms with Crippen molar-refractivity contribution >= 4 is 34.9 Å². The first kappa shape index (κ1) is 20.7. The second-order valence-electron chi connectivity index (χ2n) is 8.37. The zero-order valence-electron chi connectivity index (χ0n) is 17.2. The van der Waals surface area contributed by atoms with Gasteiger partial charge in [0, 0.05) is 17.7 Å². The third-order valence-corrected chi connectivity index (χ3v) is 6.54. The molecule has 1 saturated heterocycles. The van der Waals surface area contributed by atoms with E-state index in [0.29, 0.717) is 5.69 Å². The summed E-state index contributed by atoms with van der Waals surface area (Å²) < 4.78 is 5.04. The Kier molecular flexibility index (Phi) is 4.88. The van der Waals surface area contributed by atoms with Crippen LogP contribution < -0.4 is 4.90 Å². The number of nitro groups is 1. The molecule has 2 aromatic rings. The van der Waals surface area contributed by atoms with Crippen molar-refractivity contribution in [1.82, 2.24) is 0 Å². The molecular weight excluding hydrogens is 428 g/mol. The summed E-state index contributed by atoms with van der Waals surface area (Å²) in [7, 11) is 0. The van der Waals surface area contributed by atoms with Crippen molar-refractivity contribution in [1.29, 1.82) is 0 Å². The van der Waals surface area contributed by atoms with Crippen molar-refractivity contribution < 1.29 is 28.8 Å². The summed E-state index contributed by atoms with van der Waals surface area (Å²) in [6, 6.07) is 11.0. The molecule has 0 unspecified atom stereocenters. The molecule has 0 N–H and O–H groups in total. The molecule has 2 bridgehead atoms. The fraction of sp³-hybridized carbons (Fsp3) is 0.250. The number of amides is 2. The van der Waals surface area contributed by atoms with E-state index < -0.39 is 23.3 Å². The molecule has 3 aliphatic rings. The summed E-state index contributed by atoms with van der Waals surface area (Å²) in [5.41, 5.74) is 0.365. The Morgan fingerprint density at radius 3 is 2.21 bits per heavy atom. The first-order chi connectivity index (χ1) is 15.8. The number of esters is 1. The zero-order chi connectivity index (χ0) is 23.3. The van der Waals surface area contributed by atoms with Crippen LogP contribution in [-0.4, -0.2) is 35.1 Å². The van der Waals surface area contributed by atoms with Gasteiger partial charge in [-0.3, -0.25) is 29.4 Å². The summed E-state index contributed by atoms with van der Waals surface area (Å²) >= 11 is 0. The number of anilines is 1. The van der Waals surface area contributed by atoms with Gasteiger partial charge in [0.1, 0.15) is 0 Å². The van der Waals surface area contributed by atoms with Crippen LogP contribution in [0.4, 0.5) is 11.4 Å². The number of rotatable bonds is 6. The Morgan fingerprint density at radius 1 is 0.970 bits per heavy atom. The van der Waals surface area contributed by atoms with Gasteiger partial charge in [0.2, 0.25) is 17.6 Å². The fourth-order valence-electron chi connectivity index (χ4n) is 4.99. The lowest BCUT2D eigenvalue weighted by molar-refractivity contribution is -0.384. The lowest BCUT2D eigenvalue weighted by Gasteiger charge is -2.17. The average molecular weight is 446 g/mol. The normalized spacial score (nSPS) is 24.8. The number of nitrogens with zero attached hydrogens (tertiary/aromatic N) is 2. The number of carbonyl (C=O) groups excluding carboxylic acids is 4. The van der Waals surface area contributed by atoms with Crippen LogP contribution in [0.2, 0.25) is 0 Å². The van der Waals surface area contributed by atoms with Crippen LogP contribution in [0.3, 0.4) is 0 Å². The topological polar surface area (TPSA) is 124 Å². The molecule has 9 heteroatoms. The largest absolute Gasteiger partial charge is 0.454 e. The molecule has 2 amide bonds. The molecule has 2 aliphatic carbocycles. The quantitative estimate of drug-likeness (QED) is 0.167. The number of nitro benzene ring substituents is 1. The van der Waals surface area contributed by atoms with Gasteiger partial charge >= 0.3 is 5.97 Å². The number of imide groups is 1. The van der Waals surface area contributed by atoms with E-state index in [-0.39, 0.29) is 52.3 Å². The number of carbonyl (C=O) groups is 4. The van der Waals surface area contributed by atoms with E-state index in [1.54, 1.807) is 0 Å². The summed E-state index contributed by atoms with van der Waals surface area (Å²) in [6.07, 6.45) is 4.89. The van der Waals surface area contributed by atoms with Crippen LogP contribution in [-0.2, 0) is 14.3 Å². The molecule has 2 fully saturated rings. The molecular formula is C24H18N2O7. The SMILES string of the molecule is O=C(COC(=O)c1ccc(N2C(=O)[C@H]3[C@H](C2=O)[C@H]2C=C[C@H]3C2)cc1)c1cccc([N+](=O)[O-])c1. The van der Waals surface area contributed by atoms with Crippen molar-refractivity contribution in [3.8, 4) is 0 Å². The Balaban J connectivity index is 1.24. The molecule has 0 aromatic heterocycles. The maximum atomic E-state index is 12.9. The van der Waals surface area contributed by atoms with Crippen LogP contribution in [0.15, 0.2) is 60.7 Å². The molecule has 4 atom stereocenters. The minimum absolute atomic E-state index is 0.0624. The molecule has 9 nitrogen and oxygen atoms in total. The summed E-state index contributed by atoms with van der Waals surface area (Å²) in [6.45, 7) is -0.579. The third-order valence-electron chi connectivity index (χ3n) is 6.54. The van der Waals surface area contributed by atoms with Crippen molar-refractivity contribution in [2.24, 2.45) is 23.7 Å². The highest BCUT2D eigenvalue weighted by molar-refractivity contribution is 6.22. The van der Waals surface area contributed by atoms with E-state index >= 15 is 0 Å². The first-order valence-electron chi connectivity index (χ1n) is 10.5. The Bertz CT molecular complexity index is 1200. The van der Waals surface area contributed by atoms with Gasteiger partial charge in [-0.05, 0) is 42.5 Å². The molecule has 2 aromatic carbocycles. The second kappa shape index (κ2) is 7.77. The molecule has 1 saturated carbocycles. The predicted octanol–water partition coefficient (Wildman–Crippen LogP) is 2.95. The zero-order valence-corrected chi connectivity index (χ0v) is 17.2.